The molecule has 2 rings (SSSR count). The number of nitrogens with one attached hydrogen (secondary N) is 1. The van der Waals surface area contributed by atoms with Crippen LogP contribution in [0.3, 0.4) is 0 Å². The Balaban J connectivity index is 2.04. The normalized spacial score (nSPS) is 12.0. The maximum absolute atomic E-state index is 12.0. The summed E-state index contributed by atoms with van der Waals surface area (Å²) in [5, 5.41) is 2.78. The highest BCUT2D eigenvalue weighted by Crippen LogP contribution is 2.26. The Morgan fingerprint density at radius 3 is 2.67 bits per heavy atom. The molecule has 0 saturated heterocycles. The average molecular weight is 354 g/mol. The van der Waals surface area contributed by atoms with Crippen molar-refractivity contribution >= 4 is 21.8 Å². The van der Waals surface area contributed by atoms with Crippen LogP contribution in [0.1, 0.15) is 22.2 Å². The quantitative estimate of drug-likeness (QED) is 0.866. The molecule has 0 aliphatic carbocycles. The number of methoxy groups -OCH3 is 2. The Labute approximate surface area is 131 Å². The molecule has 1 atom stereocenters. The second-order valence-electron chi connectivity index (χ2n) is 4.28. The highest BCUT2D eigenvalue weighted by Gasteiger charge is 2.18. The third-order valence-electron chi connectivity index (χ3n) is 3.02. The van der Waals surface area contributed by atoms with Crippen molar-refractivity contribution in [3.05, 3.63) is 52.4 Å². The van der Waals surface area contributed by atoms with Gasteiger partial charge in [-0.25, -0.2) is 0 Å². The maximum Gasteiger partial charge on any atom is 0.287 e. The van der Waals surface area contributed by atoms with Crippen molar-refractivity contribution < 1.29 is 18.7 Å². The molecule has 112 valence electrons. The van der Waals surface area contributed by atoms with Gasteiger partial charge in [0.05, 0.1) is 7.11 Å². The van der Waals surface area contributed by atoms with Gasteiger partial charge in [0.2, 0.25) is 0 Å². The molecular formula is C15H16BrNO4. The van der Waals surface area contributed by atoms with Gasteiger partial charge < -0.3 is 19.2 Å². The highest BCUT2D eigenvalue weighted by atomic mass is 79.9. The minimum absolute atomic E-state index is 0.247. The second-order valence-corrected chi connectivity index (χ2v) is 5.06. The average Bonchev–Trinajstić information content (AvgIpc) is 2.94. The van der Waals surface area contributed by atoms with Gasteiger partial charge in [0.1, 0.15) is 11.9 Å². The molecule has 6 heteroatoms. The Kier molecular flexibility index (Phi) is 5.41. The van der Waals surface area contributed by atoms with Crippen LogP contribution in [0.4, 0.5) is 0 Å². The molecule has 0 bridgehead atoms. The summed E-state index contributed by atoms with van der Waals surface area (Å²) in [7, 11) is 3.19. The number of ether oxygens (including phenoxy) is 2. The van der Waals surface area contributed by atoms with E-state index in [4.69, 9.17) is 13.9 Å². The number of rotatable bonds is 6. The Hall–Kier alpha value is -1.79. The first-order chi connectivity index (χ1) is 10.2. The van der Waals surface area contributed by atoms with Crippen molar-refractivity contribution in [3.63, 3.8) is 0 Å². The molecule has 1 aromatic heterocycles. The van der Waals surface area contributed by atoms with E-state index in [1.165, 1.54) is 0 Å². The van der Waals surface area contributed by atoms with Gasteiger partial charge in [-0.2, -0.15) is 0 Å². The summed E-state index contributed by atoms with van der Waals surface area (Å²) in [5.41, 5.74) is 0.878. The monoisotopic (exact) mass is 353 g/mol. The zero-order chi connectivity index (χ0) is 15.2. The van der Waals surface area contributed by atoms with Gasteiger partial charge in [0, 0.05) is 19.2 Å². The van der Waals surface area contributed by atoms with Gasteiger partial charge in [-0.15, -0.1) is 0 Å². The van der Waals surface area contributed by atoms with Crippen molar-refractivity contribution in [2.75, 3.05) is 20.8 Å². The Morgan fingerprint density at radius 2 is 2.05 bits per heavy atom. The highest BCUT2D eigenvalue weighted by molar-refractivity contribution is 9.10. The predicted molar refractivity (Wildman–Crippen MR) is 81.5 cm³/mol. The van der Waals surface area contributed by atoms with E-state index in [0.717, 1.165) is 11.3 Å². The lowest BCUT2D eigenvalue weighted by atomic mass is 10.1. The number of benzene rings is 1. The minimum Gasteiger partial charge on any atom is -0.496 e. The van der Waals surface area contributed by atoms with E-state index in [0.29, 0.717) is 11.2 Å². The van der Waals surface area contributed by atoms with Crippen LogP contribution >= 0.6 is 15.9 Å². The first kappa shape index (κ1) is 15.6. The van der Waals surface area contributed by atoms with Crippen LogP contribution in [0.2, 0.25) is 0 Å². The fourth-order valence-electron chi connectivity index (χ4n) is 1.96. The molecule has 1 amide bonds. The van der Waals surface area contributed by atoms with Crippen molar-refractivity contribution in [1.82, 2.24) is 5.32 Å². The van der Waals surface area contributed by atoms with Gasteiger partial charge in [0.25, 0.3) is 5.91 Å². The van der Waals surface area contributed by atoms with Gasteiger partial charge in [-0.1, -0.05) is 18.2 Å². The molecule has 0 saturated carbocycles. The Morgan fingerprint density at radius 1 is 1.29 bits per heavy atom. The number of halogens is 1. The lowest BCUT2D eigenvalue weighted by Gasteiger charge is -2.18. The fourth-order valence-corrected chi connectivity index (χ4v) is 2.27. The third-order valence-corrected chi connectivity index (χ3v) is 3.44. The fraction of sp³-hybridized carbons (Fsp3) is 0.267. The lowest BCUT2D eigenvalue weighted by molar-refractivity contribution is 0.0798. The van der Waals surface area contributed by atoms with Gasteiger partial charge in [-0.05, 0) is 34.1 Å². The number of para-hydroxylation sites is 1. The van der Waals surface area contributed by atoms with Crippen LogP contribution in [0, 0.1) is 0 Å². The first-order valence-electron chi connectivity index (χ1n) is 6.35. The number of hydrogen-bond donors (Lipinski definition) is 1. The first-order valence-corrected chi connectivity index (χ1v) is 7.14. The largest absolute Gasteiger partial charge is 0.496 e. The number of amides is 1. The number of carbonyl (C=O) groups excluding carboxylic acids is 1. The smallest absolute Gasteiger partial charge is 0.287 e. The standard InChI is InChI=1S/C15H16BrNO4/c1-19-11-6-4-3-5-10(11)13(20-2)9-17-15(18)12-7-8-14(16)21-12/h3-8,13H,9H2,1-2H3,(H,17,18). The second kappa shape index (κ2) is 7.28. The summed E-state index contributed by atoms with van der Waals surface area (Å²) < 4.78 is 16.5. The van der Waals surface area contributed by atoms with E-state index in [1.54, 1.807) is 26.4 Å². The molecule has 0 aliphatic heterocycles. The molecule has 1 unspecified atom stereocenters. The Bertz CT molecular complexity index is 611. The number of hydrogen-bond acceptors (Lipinski definition) is 4. The lowest BCUT2D eigenvalue weighted by Crippen LogP contribution is -2.29. The summed E-state index contributed by atoms with van der Waals surface area (Å²) in [6.07, 6.45) is -0.302. The predicted octanol–water partition coefficient (Wildman–Crippen LogP) is 3.17. The molecule has 2 aromatic rings. The summed E-state index contributed by atoms with van der Waals surface area (Å²) in [6, 6.07) is 10.8. The summed E-state index contributed by atoms with van der Waals surface area (Å²) in [5.74, 6) is 0.675. The van der Waals surface area contributed by atoms with Crippen LogP contribution in [-0.2, 0) is 4.74 Å². The summed E-state index contributed by atoms with van der Waals surface area (Å²) in [6.45, 7) is 0.314. The van der Waals surface area contributed by atoms with Gasteiger partial charge >= 0.3 is 0 Å². The van der Waals surface area contributed by atoms with Crippen LogP contribution in [0.15, 0.2) is 45.5 Å². The molecule has 0 spiro atoms. The van der Waals surface area contributed by atoms with E-state index in [9.17, 15) is 4.79 Å². The molecule has 5 nitrogen and oxygen atoms in total. The summed E-state index contributed by atoms with van der Waals surface area (Å²) >= 11 is 3.16. The van der Waals surface area contributed by atoms with E-state index in [-0.39, 0.29) is 17.8 Å². The third kappa shape index (κ3) is 3.86. The molecule has 1 heterocycles. The van der Waals surface area contributed by atoms with Crippen LogP contribution in [0.5, 0.6) is 5.75 Å². The molecule has 1 N–H and O–H groups in total. The van der Waals surface area contributed by atoms with Crippen molar-refractivity contribution in [3.8, 4) is 5.75 Å². The van der Waals surface area contributed by atoms with Crippen molar-refractivity contribution in [2.24, 2.45) is 0 Å². The number of carbonyl (C=O) groups is 1. The topological polar surface area (TPSA) is 60.7 Å². The van der Waals surface area contributed by atoms with E-state index < -0.39 is 0 Å². The SMILES string of the molecule is COc1ccccc1C(CNC(=O)c1ccc(Br)o1)OC. The van der Waals surface area contributed by atoms with Crippen molar-refractivity contribution in [2.45, 2.75) is 6.10 Å². The zero-order valence-electron chi connectivity index (χ0n) is 11.8. The molecule has 0 fully saturated rings. The van der Waals surface area contributed by atoms with Crippen LogP contribution in [0.25, 0.3) is 0 Å². The van der Waals surface area contributed by atoms with E-state index >= 15 is 0 Å². The molecule has 0 aliphatic rings. The van der Waals surface area contributed by atoms with Gasteiger partial charge in [-0.3, -0.25) is 4.79 Å². The van der Waals surface area contributed by atoms with Gasteiger partial charge in [0.15, 0.2) is 10.4 Å². The number of furan rings is 1. The van der Waals surface area contributed by atoms with E-state index in [1.807, 2.05) is 24.3 Å². The molecule has 21 heavy (non-hydrogen) atoms. The maximum atomic E-state index is 12.0. The minimum atomic E-state index is -0.302. The summed E-state index contributed by atoms with van der Waals surface area (Å²) in [4.78, 5) is 12.0. The van der Waals surface area contributed by atoms with Crippen LogP contribution in [-0.4, -0.2) is 26.7 Å². The van der Waals surface area contributed by atoms with Crippen LogP contribution < -0.4 is 10.1 Å². The molecular weight excluding hydrogens is 338 g/mol. The molecule has 0 radical (unpaired) electrons. The molecule has 1 aromatic carbocycles. The van der Waals surface area contributed by atoms with E-state index in [2.05, 4.69) is 21.2 Å². The van der Waals surface area contributed by atoms with Crippen molar-refractivity contribution in [1.29, 1.82) is 0 Å². The zero-order valence-corrected chi connectivity index (χ0v) is 13.3.